The van der Waals surface area contributed by atoms with Crippen molar-refractivity contribution in [1.29, 1.82) is 0 Å². The van der Waals surface area contributed by atoms with Crippen molar-refractivity contribution < 1.29 is 14.2 Å². The van der Waals surface area contributed by atoms with Gasteiger partial charge in [-0.15, -0.1) is 0 Å². The van der Waals surface area contributed by atoms with Gasteiger partial charge in [-0.2, -0.15) is 0 Å². The monoisotopic (exact) mass is 302 g/mol. The highest BCUT2D eigenvalue weighted by Crippen LogP contribution is 2.26. The molecule has 1 saturated heterocycles. The first-order chi connectivity index (χ1) is 9.93. The summed E-state index contributed by atoms with van der Waals surface area (Å²) in [6, 6.07) is 0. The van der Waals surface area contributed by atoms with Gasteiger partial charge in [0.1, 0.15) is 0 Å². The molecule has 0 aromatic heterocycles. The van der Waals surface area contributed by atoms with Gasteiger partial charge in [0.25, 0.3) is 0 Å². The maximum absolute atomic E-state index is 5.69. The second kappa shape index (κ2) is 9.06. The van der Waals surface area contributed by atoms with Crippen LogP contribution in [0.3, 0.4) is 0 Å². The van der Waals surface area contributed by atoms with E-state index in [1.54, 1.807) is 7.11 Å². The Kier molecular flexibility index (Phi) is 8.13. The van der Waals surface area contributed by atoms with Crippen LogP contribution in [-0.2, 0) is 14.2 Å². The SMILES string of the molecule is CCC1(C)CNC(C)(C)CN1CCOCCOCCOC. The minimum Gasteiger partial charge on any atom is -0.382 e. The summed E-state index contributed by atoms with van der Waals surface area (Å²) in [5.41, 5.74) is 0.409. The fourth-order valence-electron chi connectivity index (χ4n) is 2.60. The smallest absolute Gasteiger partial charge is 0.0701 e. The molecule has 0 spiro atoms. The Hall–Kier alpha value is -0.200. The average Bonchev–Trinajstić information content (AvgIpc) is 2.45. The van der Waals surface area contributed by atoms with Crippen LogP contribution >= 0.6 is 0 Å². The Bertz CT molecular complexity index is 287. The summed E-state index contributed by atoms with van der Waals surface area (Å²) < 4.78 is 16.0. The third-order valence-electron chi connectivity index (χ3n) is 4.37. The minimum atomic E-state index is 0.179. The highest BCUT2D eigenvalue weighted by molar-refractivity contribution is 4.99. The van der Waals surface area contributed by atoms with Crippen molar-refractivity contribution in [3.63, 3.8) is 0 Å². The fourth-order valence-corrected chi connectivity index (χ4v) is 2.60. The van der Waals surface area contributed by atoms with Crippen LogP contribution in [0.2, 0.25) is 0 Å². The predicted octanol–water partition coefficient (Wildman–Crippen LogP) is 1.52. The first-order valence-corrected chi connectivity index (χ1v) is 8.08. The van der Waals surface area contributed by atoms with Gasteiger partial charge in [0, 0.05) is 37.8 Å². The summed E-state index contributed by atoms with van der Waals surface area (Å²) in [5.74, 6) is 0. The molecule has 5 nitrogen and oxygen atoms in total. The summed E-state index contributed by atoms with van der Waals surface area (Å²) >= 11 is 0. The molecule has 1 aliphatic rings. The van der Waals surface area contributed by atoms with Crippen molar-refractivity contribution in [3.05, 3.63) is 0 Å². The molecule has 1 unspecified atom stereocenters. The van der Waals surface area contributed by atoms with E-state index in [2.05, 4.69) is 37.9 Å². The molecule has 1 N–H and O–H groups in total. The van der Waals surface area contributed by atoms with Crippen molar-refractivity contribution in [1.82, 2.24) is 10.2 Å². The van der Waals surface area contributed by atoms with Crippen LogP contribution in [0.5, 0.6) is 0 Å². The molecule has 5 heteroatoms. The van der Waals surface area contributed by atoms with Gasteiger partial charge in [0.15, 0.2) is 0 Å². The van der Waals surface area contributed by atoms with Gasteiger partial charge >= 0.3 is 0 Å². The normalized spacial score (nSPS) is 26.1. The second-order valence-electron chi connectivity index (χ2n) is 6.73. The topological polar surface area (TPSA) is 43.0 Å². The standard InChI is InChI=1S/C16H34N2O3/c1-6-16(4)13-17-15(2,3)14-18(16)7-8-20-11-12-21-10-9-19-5/h17H,6-14H2,1-5H3. The molecule has 1 atom stereocenters. The predicted molar refractivity (Wildman–Crippen MR) is 85.9 cm³/mol. The molecular formula is C16H34N2O3. The van der Waals surface area contributed by atoms with Gasteiger partial charge in [-0.3, -0.25) is 4.90 Å². The Morgan fingerprint density at radius 1 is 1.00 bits per heavy atom. The van der Waals surface area contributed by atoms with Crippen LogP contribution in [0.15, 0.2) is 0 Å². The van der Waals surface area contributed by atoms with Gasteiger partial charge in [-0.1, -0.05) is 6.92 Å². The Labute approximate surface area is 130 Å². The van der Waals surface area contributed by atoms with Gasteiger partial charge in [-0.25, -0.2) is 0 Å². The minimum absolute atomic E-state index is 0.179. The number of nitrogens with one attached hydrogen (secondary N) is 1. The van der Waals surface area contributed by atoms with Crippen LogP contribution < -0.4 is 5.32 Å². The van der Waals surface area contributed by atoms with E-state index in [4.69, 9.17) is 14.2 Å². The lowest BCUT2D eigenvalue weighted by atomic mass is 9.88. The lowest BCUT2D eigenvalue weighted by molar-refractivity contribution is -0.0146. The van der Waals surface area contributed by atoms with E-state index < -0.39 is 0 Å². The number of hydrogen-bond acceptors (Lipinski definition) is 5. The molecule has 1 heterocycles. The van der Waals surface area contributed by atoms with E-state index >= 15 is 0 Å². The third kappa shape index (κ3) is 6.61. The molecular weight excluding hydrogens is 268 g/mol. The van der Waals surface area contributed by atoms with Crippen molar-refractivity contribution in [2.75, 3.05) is 59.8 Å². The maximum atomic E-state index is 5.69. The van der Waals surface area contributed by atoms with Gasteiger partial charge in [0.05, 0.1) is 33.0 Å². The molecule has 0 aliphatic carbocycles. The molecule has 0 amide bonds. The molecule has 0 saturated carbocycles. The van der Waals surface area contributed by atoms with E-state index in [1.165, 1.54) is 0 Å². The molecule has 1 rings (SSSR count). The number of ether oxygens (including phenoxy) is 3. The van der Waals surface area contributed by atoms with E-state index in [0.29, 0.717) is 26.4 Å². The van der Waals surface area contributed by atoms with Crippen molar-refractivity contribution in [3.8, 4) is 0 Å². The number of rotatable bonds is 10. The number of piperazine rings is 1. The molecule has 1 fully saturated rings. The van der Waals surface area contributed by atoms with E-state index in [9.17, 15) is 0 Å². The largest absolute Gasteiger partial charge is 0.382 e. The van der Waals surface area contributed by atoms with Crippen LogP contribution in [0, 0.1) is 0 Å². The summed E-state index contributed by atoms with van der Waals surface area (Å²) in [4.78, 5) is 2.56. The van der Waals surface area contributed by atoms with Crippen LogP contribution in [0.4, 0.5) is 0 Å². The first-order valence-electron chi connectivity index (χ1n) is 8.08. The highest BCUT2D eigenvalue weighted by atomic mass is 16.5. The zero-order valence-electron chi connectivity index (χ0n) is 14.5. The molecule has 21 heavy (non-hydrogen) atoms. The van der Waals surface area contributed by atoms with Crippen LogP contribution in [0.25, 0.3) is 0 Å². The highest BCUT2D eigenvalue weighted by Gasteiger charge is 2.39. The summed E-state index contributed by atoms with van der Waals surface area (Å²) in [6.07, 6.45) is 1.15. The number of nitrogens with zero attached hydrogens (tertiary/aromatic N) is 1. The van der Waals surface area contributed by atoms with Gasteiger partial charge < -0.3 is 19.5 Å². The average molecular weight is 302 g/mol. The van der Waals surface area contributed by atoms with Crippen LogP contribution in [-0.4, -0.2) is 75.8 Å². The van der Waals surface area contributed by atoms with Crippen LogP contribution in [0.1, 0.15) is 34.1 Å². The van der Waals surface area contributed by atoms with Crippen molar-refractivity contribution in [2.24, 2.45) is 0 Å². The molecule has 0 aromatic carbocycles. The molecule has 0 radical (unpaired) electrons. The van der Waals surface area contributed by atoms with Crippen molar-refractivity contribution >= 4 is 0 Å². The number of methoxy groups -OCH3 is 1. The molecule has 0 aromatic rings. The molecule has 1 aliphatic heterocycles. The quantitative estimate of drug-likeness (QED) is 0.620. The van der Waals surface area contributed by atoms with Gasteiger partial charge in [0.2, 0.25) is 0 Å². The maximum Gasteiger partial charge on any atom is 0.0701 e. The van der Waals surface area contributed by atoms with E-state index in [1.807, 2.05) is 0 Å². The summed E-state index contributed by atoms with van der Waals surface area (Å²) in [7, 11) is 1.68. The Morgan fingerprint density at radius 3 is 2.24 bits per heavy atom. The zero-order chi connectivity index (χ0) is 15.8. The third-order valence-corrected chi connectivity index (χ3v) is 4.37. The lowest BCUT2D eigenvalue weighted by Crippen LogP contribution is -2.67. The Balaban J connectivity index is 2.21. The van der Waals surface area contributed by atoms with E-state index in [0.717, 1.165) is 32.7 Å². The fraction of sp³-hybridized carbons (Fsp3) is 1.00. The summed E-state index contributed by atoms with van der Waals surface area (Å²) in [5, 5.41) is 3.65. The molecule has 126 valence electrons. The lowest BCUT2D eigenvalue weighted by Gasteiger charge is -2.51. The summed E-state index contributed by atoms with van der Waals surface area (Å²) in [6.45, 7) is 15.5. The molecule has 0 bridgehead atoms. The number of hydrogen-bond donors (Lipinski definition) is 1. The second-order valence-corrected chi connectivity index (χ2v) is 6.73. The first kappa shape index (κ1) is 18.8. The Morgan fingerprint density at radius 2 is 1.62 bits per heavy atom. The van der Waals surface area contributed by atoms with Crippen molar-refractivity contribution in [2.45, 2.75) is 45.2 Å². The van der Waals surface area contributed by atoms with E-state index in [-0.39, 0.29) is 11.1 Å². The van der Waals surface area contributed by atoms with Gasteiger partial charge in [-0.05, 0) is 27.2 Å². The zero-order valence-corrected chi connectivity index (χ0v) is 14.5.